The third-order valence-electron chi connectivity index (χ3n) is 6.47. The lowest BCUT2D eigenvalue weighted by atomic mass is 10.0. The molecule has 0 saturated heterocycles. The largest absolute Gasteiger partial charge is 0.474 e. The molecule has 0 unspecified atom stereocenters. The molecule has 3 N–H and O–H groups in total. The Bertz CT molecular complexity index is 1440. The molecule has 1 fully saturated rings. The van der Waals surface area contributed by atoms with Crippen molar-refractivity contribution in [2.45, 2.75) is 45.6 Å². The van der Waals surface area contributed by atoms with Crippen molar-refractivity contribution in [2.24, 2.45) is 0 Å². The van der Waals surface area contributed by atoms with Crippen molar-refractivity contribution in [1.29, 1.82) is 0 Å². The molecular weight excluding hydrogens is 412 g/mol. The average molecular weight is 439 g/mol. The number of hydrogen-bond donors (Lipinski definition) is 3. The van der Waals surface area contributed by atoms with E-state index in [-0.39, 0.29) is 6.10 Å². The second kappa shape index (κ2) is 7.92. The Morgan fingerprint density at radius 1 is 1.03 bits per heavy atom. The first kappa shape index (κ1) is 19.8. The second-order valence-corrected chi connectivity index (χ2v) is 8.92. The summed E-state index contributed by atoms with van der Waals surface area (Å²) < 4.78 is 6.47. The highest BCUT2D eigenvalue weighted by atomic mass is 16.5. The molecule has 0 aliphatic heterocycles. The van der Waals surface area contributed by atoms with Gasteiger partial charge in [0.05, 0.1) is 17.1 Å². The summed E-state index contributed by atoms with van der Waals surface area (Å²) in [6.45, 7) is 4.15. The summed E-state index contributed by atoms with van der Waals surface area (Å²) in [7, 11) is 0. The van der Waals surface area contributed by atoms with Crippen molar-refractivity contribution in [3.8, 4) is 17.0 Å². The zero-order chi connectivity index (χ0) is 22.4. The molecule has 1 aliphatic carbocycles. The standard InChI is InChI=1S/C26H26N6O/c1-15-7-9-17(10-8-15)20-14-27-24-23(20)25(33-19-5-3-4-6-19)31-26(30-24)29-21-12-18-13-28-32-22(18)11-16(21)2/h7-14,19H,3-6H2,1-2H3,(H,28,32)(H2,27,29,30,31). The van der Waals surface area contributed by atoms with Crippen LogP contribution in [0.3, 0.4) is 0 Å². The topological polar surface area (TPSA) is 91.5 Å². The minimum Gasteiger partial charge on any atom is -0.474 e. The second-order valence-electron chi connectivity index (χ2n) is 8.92. The van der Waals surface area contributed by atoms with E-state index in [0.717, 1.165) is 57.2 Å². The van der Waals surface area contributed by atoms with Gasteiger partial charge in [-0.05, 0) is 62.8 Å². The fourth-order valence-corrected chi connectivity index (χ4v) is 4.62. The molecule has 7 nitrogen and oxygen atoms in total. The highest BCUT2D eigenvalue weighted by molar-refractivity contribution is 5.98. The molecule has 166 valence electrons. The molecule has 2 aromatic carbocycles. The van der Waals surface area contributed by atoms with Gasteiger partial charge in [-0.25, -0.2) is 0 Å². The fourth-order valence-electron chi connectivity index (χ4n) is 4.62. The van der Waals surface area contributed by atoms with Gasteiger partial charge in [0.2, 0.25) is 11.8 Å². The Labute approximate surface area is 191 Å². The van der Waals surface area contributed by atoms with Gasteiger partial charge in [0.25, 0.3) is 0 Å². The normalized spacial score (nSPS) is 14.4. The maximum Gasteiger partial charge on any atom is 0.232 e. The highest BCUT2D eigenvalue weighted by Gasteiger charge is 2.22. The van der Waals surface area contributed by atoms with Crippen LogP contribution in [0.15, 0.2) is 48.8 Å². The van der Waals surface area contributed by atoms with Crippen LogP contribution in [-0.2, 0) is 0 Å². The summed E-state index contributed by atoms with van der Waals surface area (Å²) in [6.07, 6.45) is 8.54. The van der Waals surface area contributed by atoms with Crippen molar-refractivity contribution < 1.29 is 4.74 Å². The number of ether oxygens (including phenoxy) is 1. The summed E-state index contributed by atoms with van der Waals surface area (Å²) in [4.78, 5) is 13.0. The average Bonchev–Trinajstić information content (AvgIpc) is 3.56. The Morgan fingerprint density at radius 3 is 2.67 bits per heavy atom. The zero-order valence-electron chi connectivity index (χ0n) is 18.8. The van der Waals surface area contributed by atoms with Crippen LogP contribution in [0.4, 0.5) is 11.6 Å². The van der Waals surface area contributed by atoms with Crippen LogP contribution in [0.5, 0.6) is 5.88 Å². The van der Waals surface area contributed by atoms with E-state index in [2.05, 4.69) is 70.7 Å². The van der Waals surface area contributed by atoms with Crippen LogP contribution in [-0.4, -0.2) is 31.3 Å². The number of nitrogens with one attached hydrogen (secondary N) is 3. The number of rotatable bonds is 5. The number of hydrogen-bond acceptors (Lipinski definition) is 5. The van der Waals surface area contributed by atoms with Gasteiger partial charge in [-0.2, -0.15) is 15.1 Å². The molecule has 33 heavy (non-hydrogen) atoms. The first-order valence-electron chi connectivity index (χ1n) is 11.5. The van der Waals surface area contributed by atoms with Crippen molar-refractivity contribution in [3.05, 3.63) is 59.9 Å². The number of aryl methyl sites for hydroxylation is 2. The zero-order valence-corrected chi connectivity index (χ0v) is 18.8. The number of fused-ring (bicyclic) bond motifs is 2. The van der Waals surface area contributed by atoms with Gasteiger partial charge in [-0.3, -0.25) is 5.10 Å². The van der Waals surface area contributed by atoms with E-state index in [1.54, 1.807) is 0 Å². The van der Waals surface area contributed by atoms with Crippen molar-refractivity contribution in [1.82, 2.24) is 25.1 Å². The third-order valence-corrected chi connectivity index (χ3v) is 6.47. The molecule has 0 radical (unpaired) electrons. The number of aromatic amines is 2. The Morgan fingerprint density at radius 2 is 1.85 bits per heavy atom. The predicted octanol–water partition coefficient (Wildman–Crippen LogP) is 6.18. The van der Waals surface area contributed by atoms with Crippen molar-refractivity contribution >= 4 is 33.6 Å². The number of nitrogens with zero attached hydrogens (tertiary/aromatic N) is 3. The van der Waals surface area contributed by atoms with Gasteiger partial charge >= 0.3 is 0 Å². The number of aromatic nitrogens is 5. The van der Waals surface area contributed by atoms with Gasteiger partial charge in [0.1, 0.15) is 11.8 Å². The van der Waals surface area contributed by atoms with Gasteiger partial charge in [0.15, 0.2) is 0 Å². The van der Waals surface area contributed by atoms with Crippen LogP contribution in [0.2, 0.25) is 0 Å². The van der Waals surface area contributed by atoms with E-state index < -0.39 is 0 Å². The van der Waals surface area contributed by atoms with E-state index in [1.165, 1.54) is 18.4 Å². The summed E-state index contributed by atoms with van der Waals surface area (Å²) in [6, 6.07) is 12.6. The lowest BCUT2D eigenvalue weighted by Crippen LogP contribution is -2.13. The number of benzene rings is 2. The molecule has 0 amide bonds. The van der Waals surface area contributed by atoms with Gasteiger partial charge in [-0.1, -0.05) is 29.8 Å². The SMILES string of the molecule is Cc1ccc(-c2c[nH]c3nc(Nc4cc5cn[nH]c5cc4C)nc(OC4CCCC4)c23)cc1. The summed E-state index contributed by atoms with van der Waals surface area (Å²) in [5, 5.41) is 12.5. The molecule has 5 aromatic rings. The van der Waals surface area contributed by atoms with Gasteiger partial charge in [0, 0.05) is 22.8 Å². The molecule has 0 atom stereocenters. The molecule has 1 aliphatic rings. The van der Waals surface area contributed by atoms with Crippen LogP contribution < -0.4 is 10.1 Å². The van der Waals surface area contributed by atoms with Gasteiger partial charge in [-0.15, -0.1) is 0 Å². The van der Waals surface area contributed by atoms with Crippen molar-refractivity contribution in [2.75, 3.05) is 5.32 Å². The van der Waals surface area contributed by atoms with Crippen LogP contribution in [0.25, 0.3) is 33.1 Å². The monoisotopic (exact) mass is 438 g/mol. The maximum atomic E-state index is 6.47. The van der Waals surface area contributed by atoms with Crippen LogP contribution in [0, 0.1) is 13.8 Å². The van der Waals surface area contributed by atoms with Gasteiger partial charge < -0.3 is 15.0 Å². The van der Waals surface area contributed by atoms with Crippen molar-refractivity contribution in [3.63, 3.8) is 0 Å². The van der Waals surface area contributed by atoms with E-state index >= 15 is 0 Å². The number of H-pyrrole nitrogens is 2. The van der Waals surface area contributed by atoms with Crippen LogP contribution >= 0.6 is 0 Å². The third kappa shape index (κ3) is 3.69. The smallest absolute Gasteiger partial charge is 0.232 e. The van der Waals surface area contributed by atoms with E-state index in [1.807, 2.05) is 12.4 Å². The molecule has 0 bridgehead atoms. The fraction of sp³-hybridized carbons (Fsp3) is 0.269. The molecule has 7 heteroatoms. The minimum atomic E-state index is 0.195. The Balaban J connectivity index is 1.44. The molecule has 0 spiro atoms. The molecule has 3 aromatic heterocycles. The molecule has 1 saturated carbocycles. The van der Waals surface area contributed by atoms with E-state index in [4.69, 9.17) is 14.7 Å². The first-order chi connectivity index (χ1) is 16.1. The Hall–Kier alpha value is -3.87. The Kier molecular flexibility index (Phi) is 4.75. The summed E-state index contributed by atoms with van der Waals surface area (Å²) >= 11 is 0. The van der Waals surface area contributed by atoms with E-state index in [9.17, 15) is 0 Å². The minimum absolute atomic E-state index is 0.195. The van der Waals surface area contributed by atoms with E-state index in [0.29, 0.717) is 11.8 Å². The lowest BCUT2D eigenvalue weighted by Gasteiger charge is -2.15. The predicted molar refractivity (Wildman–Crippen MR) is 131 cm³/mol. The quantitative estimate of drug-likeness (QED) is 0.305. The summed E-state index contributed by atoms with van der Waals surface area (Å²) in [5.74, 6) is 1.15. The highest BCUT2D eigenvalue weighted by Crippen LogP contribution is 2.37. The number of anilines is 2. The lowest BCUT2D eigenvalue weighted by molar-refractivity contribution is 0.204. The van der Waals surface area contributed by atoms with Crippen LogP contribution in [0.1, 0.15) is 36.8 Å². The summed E-state index contributed by atoms with van der Waals surface area (Å²) in [5.41, 5.74) is 7.20. The maximum absolute atomic E-state index is 6.47. The molecule has 3 heterocycles. The first-order valence-corrected chi connectivity index (χ1v) is 11.5. The molecule has 6 rings (SSSR count). The molecular formula is C26H26N6O.